The predicted molar refractivity (Wildman–Crippen MR) is 52.5 cm³/mol. The summed E-state index contributed by atoms with van der Waals surface area (Å²) in [4.78, 5) is 0. The van der Waals surface area contributed by atoms with E-state index >= 15 is 0 Å². The SMILES string of the molecule is CCC1CCC(C(O)CCl)CC1. The van der Waals surface area contributed by atoms with Crippen molar-refractivity contribution in [2.75, 3.05) is 5.88 Å². The highest BCUT2D eigenvalue weighted by atomic mass is 35.5. The van der Waals surface area contributed by atoms with Gasteiger partial charge in [-0.1, -0.05) is 26.2 Å². The van der Waals surface area contributed by atoms with Crippen LogP contribution in [0.25, 0.3) is 0 Å². The lowest BCUT2D eigenvalue weighted by molar-refractivity contribution is 0.0906. The van der Waals surface area contributed by atoms with E-state index in [4.69, 9.17) is 11.6 Å². The van der Waals surface area contributed by atoms with Crippen LogP contribution in [0.1, 0.15) is 39.0 Å². The highest BCUT2D eigenvalue weighted by molar-refractivity contribution is 6.18. The van der Waals surface area contributed by atoms with Gasteiger partial charge in [0, 0.05) is 5.88 Å². The van der Waals surface area contributed by atoms with E-state index < -0.39 is 0 Å². The Bertz CT molecular complexity index is 119. The molecule has 1 aliphatic rings. The van der Waals surface area contributed by atoms with Gasteiger partial charge in [-0.05, 0) is 24.7 Å². The third-order valence-electron chi connectivity index (χ3n) is 3.17. The van der Waals surface area contributed by atoms with Crippen molar-refractivity contribution in [3.63, 3.8) is 0 Å². The van der Waals surface area contributed by atoms with E-state index in [1.165, 1.54) is 32.1 Å². The van der Waals surface area contributed by atoms with E-state index in [-0.39, 0.29) is 6.10 Å². The normalized spacial score (nSPS) is 33.2. The Balaban J connectivity index is 2.25. The second-order valence-electron chi connectivity index (χ2n) is 3.91. The quantitative estimate of drug-likeness (QED) is 0.679. The third-order valence-corrected chi connectivity index (χ3v) is 3.49. The zero-order valence-corrected chi connectivity index (χ0v) is 8.56. The molecular formula is C10H19ClO. The van der Waals surface area contributed by atoms with Gasteiger partial charge in [0.15, 0.2) is 0 Å². The summed E-state index contributed by atoms with van der Waals surface area (Å²) in [5, 5.41) is 9.51. The van der Waals surface area contributed by atoms with Gasteiger partial charge in [0.2, 0.25) is 0 Å². The zero-order chi connectivity index (χ0) is 8.97. The lowest BCUT2D eigenvalue weighted by Gasteiger charge is -2.30. The first-order valence-electron chi connectivity index (χ1n) is 5.02. The molecule has 72 valence electrons. The van der Waals surface area contributed by atoms with E-state index in [1.54, 1.807) is 0 Å². The van der Waals surface area contributed by atoms with Gasteiger partial charge in [-0.15, -0.1) is 11.6 Å². The molecule has 0 bridgehead atoms. The highest BCUT2D eigenvalue weighted by Crippen LogP contribution is 2.32. The molecule has 1 atom stereocenters. The first-order valence-corrected chi connectivity index (χ1v) is 5.55. The second-order valence-corrected chi connectivity index (χ2v) is 4.22. The Morgan fingerprint density at radius 2 is 1.92 bits per heavy atom. The van der Waals surface area contributed by atoms with Crippen molar-refractivity contribution >= 4 is 11.6 Å². The maximum Gasteiger partial charge on any atom is 0.0703 e. The summed E-state index contributed by atoms with van der Waals surface area (Å²) in [5.74, 6) is 1.79. The van der Waals surface area contributed by atoms with Crippen LogP contribution in [0.3, 0.4) is 0 Å². The molecule has 1 nitrogen and oxygen atoms in total. The van der Waals surface area contributed by atoms with Gasteiger partial charge in [0.1, 0.15) is 0 Å². The van der Waals surface area contributed by atoms with Gasteiger partial charge in [0.05, 0.1) is 6.10 Å². The Morgan fingerprint density at radius 3 is 2.33 bits per heavy atom. The first kappa shape index (κ1) is 10.3. The molecule has 0 aromatic carbocycles. The van der Waals surface area contributed by atoms with E-state index in [9.17, 15) is 5.11 Å². The van der Waals surface area contributed by atoms with Crippen LogP contribution >= 0.6 is 11.6 Å². The van der Waals surface area contributed by atoms with Crippen molar-refractivity contribution in [3.05, 3.63) is 0 Å². The molecular weight excluding hydrogens is 172 g/mol. The van der Waals surface area contributed by atoms with Crippen LogP contribution in [-0.2, 0) is 0 Å². The monoisotopic (exact) mass is 190 g/mol. The summed E-state index contributed by atoms with van der Waals surface area (Å²) in [6, 6.07) is 0. The van der Waals surface area contributed by atoms with Crippen LogP contribution in [0.4, 0.5) is 0 Å². The summed E-state index contributed by atoms with van der Waals surface area (Å²) in [6.45, 7) is 2.25. The minimum absolute atomic E-state index is 0.260. The molecule has 12 heavy (non-hydrogen) atoms. The summed E-state index contributed by atoms with van der Waals surface area (Å²) in [5.41, 5.74) is 0. The standard InChI is InChI=1S/C10H19ClO/c1-2-8-3-5-9(6-4-8)10(12)7-11/h8-10,12H,2-7H2,1H3. The number of halogens is 1. The molecule has 1 saturated carbocycles. The number of hydrogen-bond acceptors (Lipinski definition) is 1. The number of hydrogen-bond donors (Lipinski definition) is 1. The molecule has 1 unspecified atom stereocenters. The number of alkyl halides is 1. The molecule has 0 spiro atoms. The topological polar surface area (TPSA) is 20.2 Å². The van der Waals surface area contributed by atoms with Crippen molar-refractivity contribution in [2.24, 2.45) is 11.8 Å². The molecule has 1 rings (SSSR count). The summed E-state index contributed by atoms with van der Waals surface area (Å²) in [7, 11) is 0. The minimum Gasteiger partial charge on any atom is -0.392 e. The Hall–Kier alpha value is 0.250. The molecule has 1 aliphatic carbocycles. The van der Waals surface area contributed by atoms with E-state index in [0.29, 0.717) is 11.8 Å². The lowest BCUT2D eigenvalue weighted by Crippen LogP contribution is -2.26. The highest BCUT2D eigenvalue weighted by Gasteiger charge is 2.24. The molecule has 0 aromatic heterocycles. The van der Waals surface area contributed by atoms with Crippen LogP contribution in [0.15, 0.2) is 0 Å². The predicted octanol–water partition coefficient (Wildman–Crippen LogP) is 2.80. The van der Waals surface area contributed by atoms with E-state index in [1.807, 2.05) is 0 Å². The van der Waals surface area contributed by atoms with Crippen molar-refractivity contribution in [1.29, 1.82) is 0 Å². The van der Waals surface area contributed by atoms with Crippen molar-refractivity contribution < 1.29 is 5.11 Å². The number of aliphatic hydroxyl groups is 1. The molecule has 0 saturated heterocycles. The van der Waals surface area contributed by atoms with Gasteiger partial charge in [-0.3, -0.25) is 0 Å². The Labute approximate surface area is 80.1 Å². The van der Waals surface area contributed by atoms with Gasteiger partial charge < -0.3 is 5.11 Å². The number of rotatable bonds is 3. The van der Waals surface area contributed by atoms with Crippen molar-refractivity contribution in [2.45, 2.75) is 45.1 Å². The molecule has 0 amide bonds. The molecule has 1 N–H and O–H groups in total. The van der Waals surface area contributed by atoms with E-state index in [0.717, 1.165) is 5.92 Å². The van der Waals surface area contributed by atoms with Crippen LogP contribution in [0.5, 0.6) is 0 Å². The lowest BCUT2D eigenvalue weighted by atomic mass is 9.79. The Kier molecular flexibility index (Phi) is 4.38. The molecule has 0 radical (unpaired) electrons. The smallest absolute Gasteiger partial charge is 0.0703 e. The van der Waals surface area contributed by atoms with Gasteiger partial charge >= 0.3 is 0 Å². The molecule has 0 aliphatic heterocycles. The largest absolute Gasteiger partial charge is 0.392 e. The van der Waals surface area contributed by atoms with Crippen LogP contribution in [0, 0.1) is 11.8 Å². The second kappa shape index (κ2) is 5.08. The van der Waals surface area contributed by atoms with Crippen LogP contribution < -0.4 is 0 Å². The maximum atomic E-state index is 9.51. The van der Waals surface area contributed by atoms with Crippen molar-refractivity contribution in [1.82, 2.24) is 0 Å². The van der Waals surface area contributed by atoms with Crippen LogP contribution in [0.2, 0.25) is 0 Å². The van der Waals surface area contributed by atoms with Gasteiger partial charge in [0.25, 0.3) is 0 Å². The minimum atomic E-state index is -0.260. The fourth-order valence-electron chi connectivity index (χ4n) is 2.11. The van der Waals surface area contributed by atoms with Crippen LogP contribution in [-0.4, -0.2) is 17.1 Å². The van der Waals surface area contributed by atoms with E-state index in [2.05, 4.69) is 6.92 Å². The summed E-state index contributed by atoms with van der Waals surface area (Å²) in [6.07, 6.45) is 5.96. The molecule has 0 aromatic rings. The fourth-order valence-corrected chi connectivity index (χ4v) is 2.36. The van der Waals surface area contributed by atoms with Gasteiger partial charge in [-0.2, -0.15) is 0 Å². The fraction of sp³-hybridized carbons (Fsp3) is 1.00. The van der Waals surface area contributed by atoms with Crippen molar-refractivity contribution in [3.8, 4) is 0 Å². The molecule has 1 fully saturated rings. The average Bonchev–Trinajstić information content (AvgIpc) is 2.17. The summed E-state index contributed by atoms with van der Waals surface area (Å²) >= 11 is 5.61. The molecule has 2 heteroatoms. The first-order chi connectivity index (χ1) is 5.77. The Morgan fingerprint density at radius 1 is 1.33 bits per heavy atom. The average molecular weight is 191 g/mol. The maximum absolute atomic E-state index is 9.51. The zero-order valence-electron chi connectivity index (χ0n) is 7.80. The molecule has 0 heterocycles. The third kappa shape index (κ3) is 2.63. The number of aliphatic hydroxyl groups excluding tert-OH is 1. The summed E-state index contributed by atoms with van der Waals surface area (Å²) < 4.78 is 0. The van der Waals surface area contributed by atoms with Gasteiger partial charge in [-0.25, -0.2) is 0 Å².